The van der Waals surface area contributed by atoms with E-state index in [-0.39, 0.29) is 0 Å². The Kier molecular flexibility index (Phi) is 2.97. The summed E-state index contributed by atoms with van der Waals surface area (Å²) in [5.74, 6) is 0. The van der Waals surface area contributed by atoms with E-state index >= 15 is 0 Å². The van der Waals surface area contributed by atoms with Crippen LogP contribution < -0.4 is 0 Å². The second kappa shape index (κ2) is 4.61. The van der Waals surface area contributed by atoms with Crippen molar-refractivity contribution in [3.05, 3.63) is 71.8 Å². The Morgan fingerprint density at radius 1 is 0.929 bits per heavy atom. The fourth-order valence-corrected chi connectivity index (χ4v) is 1.58. The van der Waals surface area contributed by atoms with Crippen LogP contribution in [-0.2, 0) is 6.42 Å². The minimum absolute atomic E-state index is 1.12. The van der Waals surface area contributed by atoms with E-state index in [1.807, 2.05) is 0 Å². The molecule has 1 aromatic rings. The van der Waals surface area contributed by atoms with Crippen molar-refractivity contribution in [2.24, 2.45) is 0 Å². The molecule has 0 saturated heterocycles. The van der Waals surface area contributed by atoms with Crippen molar-refractivity contribution in [2.45, 2.75) is 12.8 Å². The molecule has 1 aliphatic carbocycles. The first kappa shape index (κ1) is 9.01. The van der Waals surface area contributed by atoms with Gasteiger partial charge in [0.05, 0.1) is 0 Å². The van der Waals surface area contributed by atoms with Crippen LogP contribution in [0.5, 0.6) is 0 Å². The monoisotopic (exact) mass is 182 g/mol. The molecule has 0 aliphatic heterocycles. The first-order chi connectivity index (χ1) is 6.95. The molecule has 0 radical (unpaired) electrons. The van der Waals surface area contributed by atoms with Gasteiger partial charge in [-0.1, -0.05) is 60.7 Å². The van der Waals surface area contributed by atoms with Gasteiger partial charge in [-0.25, -0.2) is 0 Å². The number of hydrogen-bond donors (Lipinski definition) is 0. The highest BCUT2D eigenvalue weighted by Gasteiger charge is 1.92. The lowest BCUT2D eigenvalue weighted by molar-refractivity contribution is 0.998. The van der Waals surface area contributed by atoms with E-state index in [9.17, 15) is 0 Å². The predicted octanol–water partition coefficient (Wildman–Crippen LogP) is 3.67. The molecule has 0 atom stereocenters. The SMILES string of the molecule is C1=CC(=CCCc2ccccc2)C=C1. The lowest BCUT2D eigenvalue weighted by Gasteiger charge is -1.97. The van der Waals surface area contributed by atoms with Gasteiger partial charge in [0.25, 0.3) is 0 Å². The Balaban J connectivity index is 1.87. The minimum atomic E-state index is 1.12. The molecule has 0 heterocycles. The van der Waals surface area contributed by atoms with Crippen LogP contribution in [0.1, 0.15) is 12.0 Å². The maximum absolute atomic E-state index is 2.28. The summed E-state index contributed by atoms with van der Waals surface area (Å²) < 4.78 is 0. The van der Waals surface area contributed by atoms with E-state index in [2.05, 4.69) is 60.7 Å². The van der Waals surface area contributed by atoms with Crippen LogP contribution in [0.3, 0.4) is 0 Å². The van der Waals surface area contributed by atoms with Crippen molar-refractivity contribution in [1.82, 2.24) is 0 Å². The summed E-state index contributed by atoms with van der Waals surface area (Å²) in [5, 5.41) is 0. The third kappa shape index (κ3) is 2.46. The fourth-order valence-electron chi connectivity index (χ4n) is 1.58. The molecule has 1 aromatic carbocycles. The molecule has 70 valence electrons. The summed E-state index contributed by atoms with van der Waals surface area (Å²) in [4.78, 5) is 0. The molecule has 14 heavy (non-hydrogen) atoms. The van der Waals surface area contributed by atoms with Crippen molar-refractivity contribution in [1.29, 1.82) is 0 Å². The standard InChI is InChI=1S/C14H14/c1-2-7-13(8-3-1)11-6-12-14-9-4-5-10-14/h1-5,7-10,12H,6,11H2. The summed E-state index contributed by atoms with van der Waals surface area (Å²) >= 11 is 0. The average Bonchev–Trinajstić information content (AvgIpc) is 2.72. The molecular formula is C14H14. The minimum Gasteiger partial charge on any atom is -0.0769 e. The second-order valence-electron chi connectivity index (χ2n) is 3.45. The fraction of sp³-hybridized carbons (Fsp3) is 0.143. The third-order valence-electron chi connectivity index (χ3n) is 2.34. The zero-order valence-corrected chi connectivity index (χ0v) is 8.19. The molecule has 0 saturated carbocycles. The highest BCUT2D eigenvalue weighted by molar-refractivity contribution is 5.39. The van der Waals surface area contributed by atoms with Crippen LogP contribution in [0.4, 0.5) is 0 Å². The Bertz CT molecular complexity index is 352. The molecule has 0 N–H and O–H groups in total. The maximum Gasteiger partial charge on any atom is -0.0244 e. The summed E-state index contributed by atoms with van der Waals surface area (Å²) in [6, 6.07) is 10.6. The van der Waals surface area contributed by atoms with Gasteiger partial charge < -0.3 is 0 Å². The Morgan fingerprint density at radius 3 is 2.36 bits per heavy atom. The van der Waals surface area contributed by atoms with Gasteiger partial charge >= 0.3 is 0 Å². The van der Waals surface area contributed by atoms with Crippen molar-refractivity contribution < 1.29 is 0 Å². The van der Waals surface area contributed by atoms with Gasteiger partial charge in [0, 0.05) is 0 Å². The van der Waals surface area contributed by atoms with E-state index in [1.54, 1.807) is 0 Å². The van der Waals surface area contributed by atoms with E-state index in [4.69, 9.17) is 0 Å². The molecule has 0 fully saturated rings. The number of rotatable bonds is 3. The van der Waals surface area contributed by atoms with E-state index < -0.39 is 0 Å². The van der Waals surface area contributed by atoms with E-state index in [1.165, 1.54) is 11.1 Å². The molecule has 0 spiro atoms. The Hall–Kier alpha value is -1.56. The molecule has 0 aromatic heterocycles. The smallest absolute Gasteiger partial charge is 0.0244 e. The normalized spacial score (nSPS) is 13.6. The van der Waals surface area contributed by atoms with Crippen LogP contribution in [0.15, 0.2) is 66.3 Å². The molecule has 1 aliphatic rings. The topological polar surface area (TPSA) is 0 Å². The molecule has 0 amide bonds. The van der Waals surface area contributed by atoms with Crippen molar-refractivity contribution in [3.8, 4) is 0 Å². The lowest BCUT2D eigenvalue weighted by Crippen LogP contribution is -1.82. The zero-order chi connectivity index (χ0) is 9.64. The van der Waals surface area contributed by atoms with Gasteiger partial charge in [0.2, 0.25) is 0 Å². The van der Waals surface area contributed by atoms with Crippen LogP contribution in [0.25, 0.3) is 0 Å². The molecule has 0 unspecified atom stereocenters. The molecular weight excluding hydrogens is 168 g/mol. The first-order valence-corrected chi connectivity index (χ1v) is 5.04. The summed E-state index contributed by atoms with van der Waals surface area (Å²) in [7, 11) is 0. The number of aryl methyl sites for hydroxylation is 1. The summed E-state index contributed by atoms with van der Waals surface area (Å²) in [6.07, 6.45) is 13.0. The predicted molar refractivity (Wildman–Crippen MR) is 61.1 cm³/mol. The largest absolute Gasteiger partial charge is 0.0769 e. The third-order valence-corrected chi connectivity index (χ3v) is 2.34. The highest BCUT2D eigenvalue weighted by Crippen LogP contribution is 2.10. The van der Waals surface area contributed by atoms with Gasteiger partial charge in [0.15, 0.2) is 0 Å². The molecule has 0 nitrogen and oxygen atoms in total. The quantitative estimate of drug-likeness (QED) is 0.669. The highest BCUT2D eigenvalue weighted by atomic mass is 14.0. The maximum atomic E-state index is 2.28. The molecule has 0 heteroatoms. The molecule has 2 rings (SSSR count). The number of allylic oxidation sites excluding steroid dienone is 6. The van der Waals surface area contributed by atoms with Crippen molar-refractivity contribution in [2.75, 3.05) is 0 Å². The lowest BCUT2D eigenvalue weighted by atomic mass is 10.1. The van der Waals surface area contributed by atoms with Crippen LogP contribution in [-0.4, -0.2) is 0 Å². The van der Waals surface area contributed by atoms with Crippen molar-refractivity contribution in [3.63, 3.8) is 0 Å². The van der Waals surface area contributed by atoms with Gasteiger partial charge in [-0.3, -0.25) is 0 Å². The average molecular weight is 182 g/mol. The van der Waals surface area contributed by atoms with Crippen LogP contribution in [0, 0.1) is 0 Å². The second-order valence-corrected chi connectivity index (χ2v) is 3.45. The summed E-state index contributed by atoms with van der Waals surface area (Å²) in [6.45, 7) is 0. The van der Waals surface area contributed by atoms with Crippen LogP contribution >= 0.6 is 0 Å². The van der Waals surface area contributed by atoms with Gasteiger partial charge in [-0.05, 0) is 24.0 Å². The van der Waals surface area contributed by atoms with Gasteiger partial charge in [0.1, 0.15) is 0 Å². The van der Waals surface area contributed by atoms with E-state index in [0.717, 1.165) is 12.8 Å². The zero-order valence-electron chi connectivity index (χ0n) is 8.19. The summed E-state index contributed by atoms with van der Waals surface area (Å²) in [5.41, 5.74) is 2.75. The number of benzene rings is 1. The first-order valence-electron chi connectivity index (χ1n) is 5.04. The number of hydrogen-bond acceptors (Lipinski definition) is 0. The van der Waals surface area contributed by atoms with E-state index in [0.29, 0.717) is 0 Å². The van der Waals surface area contributed by atoms with Gasteiger partial charge in [-0.15, -0.1) is 0 Å². The Labute approximate surface area is 85.3 Å². The van der Waals surface area contributed by atoms with Crippen molar-refractivity contribution >= 4 is 0 Å². The Morgan fingerprint density at radius 2 is 1.64 bits per heavy atom. The van der Waals surface area contributed by atoms with Crippen LogP contribution in [0.2, 0.25) is 0 Å². The molecule has 0 bridgehead atoms. The van der Waals surface area contributed by atoms with Gasteiger partial charge in [-0.2, -0.15) is 0 Å².